The summed E-state index contributed by atoms with van der Waals surface area (Å²) in [7, 11) is 1.67. The molecule has 0 saturated heterocycles. The van der Waals surface area contributed by atoms with Crippen molar-refractivity contribution in [3.05, 3.63) is 0 Å². The fourth-order valence-electron chi connectivity index (χ4n) is 6.17. The Labute approximate surface area is 208 Å². The Morgan fingerprint density at radius 3 is 1.79 bits per heavy atom. The first-order valence-electron chi connectivity index (χ1n) is 14.2. The first-order chi connectivity index (χ1) is 16.7. The van der Waals surface area contributed by atoms with Crippen molar-refractivity contribution in [3.8, 4) is 0 Å². The van der Waals surface area contributed by atoms with Gasteiger partial charge in [-0.25, -0.2) is 0 Å². The van der Waals surface area contributed by atoms with E-state index in [-0.39, 0.29) is 6.29 Å². The quantitative estimate of drug-likeness (QED) is 0.182. The second-order valence-corrected chi connectivity index (χ2v) is 11.1. The van der Waals surface area contributed by atoms with Gasteiger partial charge in [0.25, 0.3) is 0 Å². The fourth-order valence-corrected chi connectivity index (χ4v) is 6.17. The summed E-state index contributed by atoms with van der Waals surface area (Å²) in [5, 5.41) is 0. The summed E-state index contributed by atoms with van der Waals surface area (Å²) >= 11 is 0. The lowest BCUT2D eigenvalue weighted by atomic mass is 9.82. The Kier molecular flexibility index (Phi) is 14.4. The van der Waals surface area contributed by atoms with Gasteiger partial charge in [-0.3, -0.25) is 0 Å². The van der Waals surface area contributed by atoms with E-state index in [1.54, 1.807) is 7.11 Å². The lowest BCUT2D eigenvalue weighted by molar-refractivity contribution is -0.140. The SMILES string of the molecule is COCOCC1CCCC(COCOCC2CCC(COC(C)OCCC3CCCCC3)C2)C1. The average Bonchev–Trinajstić information content (AvgIpc) is 3.31. The zero-order chi connectivity index (χ0) is 23.8. The normalized spacial score (nSPS) is 29.5. The molecular formula is C28H52O6. The van der Waals surface area contributed by atoms with Crippen LogP contribution in [0, 0.1) is 29.6 Å². The standard InChI is InChI=1S/C28H52O6/c1-23(33-14-13-24-7-4-3-5-8-24)34-20-28-12-11-27(16-28)19-32-22-31-18-26-10-6-9-25(15-26)17-30-21-29-2/h23-28H,3-22H2,1-2H3. The van der Waals surface area contributed by atoms with Gasteiger partial charge in [0, 0.05) is 13.7 Å². The van der Waals surface area contributed by atoms with Gasteiger partial charge in [-0.15, -0.1) is 0 Å². The highest BCUT2D eigenvalue weighted by molar-refractivity contribution is 4.75. The van der Waals surface area contributed by atoms with Crippen molar-refractivity contribution in [3.63, 3.8) is 0 Å². The molecule has 0 aromatic heterocycles. The average molecular weight is 485 g/mol. The zero-order valence-electron chi connectivity index (χ0n) is 22.1. The Bertz CT molecular complexity index is 497. The maximum atomic E-state index is 6.01. The minimum Gasteiger partial charge on any atom is -0.359 e. The summed E-state index contributed by atoms with van der Waals surface area (Å²) in [6.07, 6.45) is 16.8. The molecule has 3 fully saturated rings. The van der Waals surface area contributed by atoms with Crippen molar-refractivity contribution < 1.29 is 28.4 Å². The van der Waals surface area contributed by atoms with Crippen molar-refractivity contribution in [2.75, 3.05) is 53.7 Å². The van der Waals surface area contributed by atoms with Crippen LogP contribution in [0.2, 0.25) is 0 Å². The van der Waals surface area contributed by atoms with Crippen LogP contribution in [-0.4, -0.2) is 60.0 Å². The van der Waals surface area contributed by atoms with E-state index < -0.39 is 0 Å². The highest BCUT2D eigenvalue weighted by Gasteiger charge is 2.26. The van der Waals surface area contributed by atoms with E-state index in [9.17, 15) is 0 Å². The van der Waals surface area contributed by atoms with Gasteiger partial charge in [0.1, 0.15) is 13.6 Å². The van der Waals surface area contributed by atoms with Gasteiger partial charge in [0.05, 0.1) is 26.4 Å². The highest BCUT2D eigenvalue weighted by atomic mass is 16.7. The minimum absolute atomic E-state index is 0.0850. The molecule has 6 heteroatoms. The van der Waals surface area contributed by atoms with E-state index in [0.717, 1.165) is 39.0 Å². The molecule has 0 aliphatic heterocycles. The maximum Gasteiger partial charge on any atom is 0.154 e. The smallest absolute Gasteiger partial charge is 0.154 e. The monoisotopic (exact) mass is 484 g/mol. The Morgan fingerprint density at radius 1 is 0.588 bits per heavy atom. The summed E-state index contributed by atoms with van der Waals surface area (Å²) in [5.74, 6) is 3.42. The molecule has 3 rings (SSSR count). The minimum atomic E-state index is -0.0850. The predicted octanol–water partition coefficient (Wildman–Crippen LogP) is 6.17. The van der Waals surface area contributed by atoms with Crippen LogP contribution in [0.1, 0.15) is 90.4 Å². The first-order valence-corrected chi connectivity index (χ1v) is 14.2. The fraction of sp³-hybridized carbons (Fsp3) is 1.00. The van der Waals surface area contributed by atoms with Gasteiger partial charge in [0.15, 0.2) is 6.29 Å². The molecule has 0 bridgehead atoms. The first kappa shape index (κ1) is 28.3. The molecule has 6 nitrogen and oxygen atoms in total. The number of hydrogen-bond donors (Lipinski definition) is 0. The Morgan fingerprint density at radius 2 is 1.15 bits per heavy atom. The second kappa shape index (κ2) is 17.3. The van der Waals surface area contributed by atoms with E-state index in [0.29, 0.717) is 37.3 Å². The molecule has 0 N–H and O–H groups in total. The molecule has 3 aliphatic rings. The molecule has 3 saturated carbocycles. The summed E-state index contributed by atoms with van der Waals surface area (Å²) < 4.78 is 34.2. The molecule has 0 heterocycles. The number of ether oxygens (including phenoxy) is 6. The molecule has 0 aromatic rings. The van der Waals surface area contributed by atoms with E-state index in [2.05, 4.69) is 6.92 Å². The molecule has 0 aromatic carbocycles. The van der Waals surface area contributed by atoms with Gasteiger partial charge in [0.2, 0.25) is 0 Å². The molecule has 5 unspecified atom stereocenters. The van der Waals surface area contributed by atoms with Crippen LogP contribution in [0.4, 0.5) is 0 Å². The summed E-state index contributed by atoms with van der Waals surface area (Å²) in [4.78, 5) is 0. The number of rotatable bonds is 17. The predicted molar refractivity (Wildman–Crippen MR) is 133 cm³/mol. The Balaban J connectivity index is 1.14. The third-order valence-electron chi connectivity index (χ3n) is 8.14. The van der Waals surface area contributed by atoms with E-state index in [1.165, 1.54) is 83.5 Å². The highest BCUT2D eigenvalue weighted by Crippen LogP contribution is 2.32. The third-order valence-corrected chi connectivity index (χ3v) is 8.14. The van der Waals surface area contributed by atoms with Gasteiger partial charge in [-0.2, -0.15) is 0 Å². The maximum absolute atomic E-state index is 6.01. The molecule has 0 amide bonds. The lowest BCUT2D eigenvalue weighted by Gasteiger charge is -2.28. The van der Waals surface area contributed by atoms with Crippen molar-refractivity contribution in [2.24, 2.45) is 29.6 Å². The van der Waals surface area contributed by atoms with Crippen molar-refractivity contribution in [1.82, 2.24) is 0 Å². The molecule has 3 aliphatic carbocycles. The van der Waals surface area contributed by atoms with E-state index >= 15 is 0 Å². The van der Waals surface area contributed by atoms with Crippen LogP contribution < -0.4 is 0 Å². The van der Waals surface area contributed by atoms with Crippen molar-refractivity contribution in [2.45, 2.75) is 96.7 Å². The van der Waals surface area contributed by atoms with Gasteiger partial charge in [-0.1, -0.05) is 38.5 Å². The van der Waals surface area contributed by atoms with Gasteiger partial charge in [-0.05, 0) is 81.5 Å². The van der Waals surface area contributed by atoms with Crippen LogP contribution in [0.3, 0.4) is 0 Å². The van der Waals surface area contributed by atoms with E-state index in [4.69, 9.17) is 28.4 Å². The van der Waals surface area contributed by atoms with Gasteiger partial charge < -0.3 is 28.4 Å². The van der Waals surface area contributed by atoms with Crippen LogP contribution in [0.5, 0.6) is 0 Å². The van der Waals surface area contributed by atoms with Crippen LogP contribution in [0.25, 0.3) is 0 Å². The molecule has 0 radical (unpaired) electrons. The van der Waals surface area contributed by atoms with E-state index in [1.807, 2.05) is 0 Å². The van der Waals surface area contributed by atoms with Crippen LogP contribution in [0.15, 0.2) is 0 Å². The molecule has 0 spiro atoms. The van der Waals surface area contributed by atoms with Crippen LogP contribution in [-0.2, 0) is 28.4 Å². The Hall–Kier alpha value is -0.240. The summed E-state index contributed by atoms with van der Waals surface area (Å²) in [6, 6.07) is 0. The zero-order valence-corrected chi connectivity index (χ0v) is 22.1. The van der Waals surface area contributed by atoms with Crippen molar-refractivity contribution >= 4 is 0 Å². The summed E-state index contributed by atoms with van der Waals surface area (Å²) in [5.41, 5.74) is 0. The van der Waals surface area contributed by atoms with Crippen LogP contribution >= 0.6 is 0 Å². The molecular weight excluding hydrogens is 432 g/mol. The molecule has 200 valence electrons. The lowest BCUT2D eigenvalue weighted by Crippen LogP contribution is -2.24. The topological polar surface area (TPSA) is 55.4 Å². The number of hydrogen-bond acceptors (Lipinski definition) is 6. The largest absolute Gasteiger partial charge is 0.359 e. The van der Waals surface area contributed by atoms with Gasteiger partial charge >= 0.3 is 0 Å². The molecule has 34 heavy (non-hydrogen) atoms. The second-order valence-electron chi connectivity index (χ2n) is 11.1. The molecule has 5 atom stereocenters. The van der Waals surface area contributed by atoms with Crippen molar-refractivity contribution in [1.29, 1.82) is 0 Å². The number of methoxy groups -OCH3 is 1. The summed E-state index contributed by atoms with van der Waals surface area (Å²) in [6.45, 7) is 6.94. The third kappa shape index (κ3) is 11.7.